The van der Waals surface area contributed by atoms with Gasteiger partial charge in [0.1, 0.15) is 17.3 Å². The van der Waals surface area contributed by atoms with Crippen molar-refractivity contribution in [2.24, 2.45) is 0 Å². The highest BCUT2D eigenvalue weighted by Crippen LogP contribution is 2.23. The van der Waals surface area contributed by atoms with Crippen LogP contribution in [0.1, 0.15) is 38.4 Å². The number of aromatic amines is 1. The summed E-state index contributed by atoms with van der Waals surface area (Å²) in [6, 6.07) is 10.1. The van der Waals surface area contributed by atoms with Crippen molar-refractivity contribution in [3.05, 3.63) is 87.6 Å². The normalized spacial score (nSPS) is 16.3. The fraction of sp³-hybridized carbons (Fsp3) is 0.261. The van der Waals surface area contributed by atoms with Crippen LogP contribution in [-0.2, 0) is 6.54 Å². The van der Waals surface area contributed by atoms with Crippen molar-refractivity contribution in [2.45, 2.75) is 12.6 Å². The van der Waals surface area contributed by atoms with Gasteiger partial charge in [0.2, 0.25) is 5.75 Å². The van der Waals surface area contributed by atoms with E-state index in [1.165, 1.54) is 30.5 Å². The van der Waals surface area contributed by atoms with Gasteiger partial charge in [0, 0.05) is 32.4 Å². The lowest BCUT2D eigenvalue weighted by molar-refractivity contribution is 0.0525. The summed E-state index contributed by atoms with van der Waals surface area (Å²) in [7, 11) is 1.81. The van der Waals surface area contributed by atoms with Crippen LogP contribution in [0.2, 0.25) is 0 Å². The molecule has 1 aliphatic rings. The SMILES string of the molecule is CN1CCN(C(=O)c2ccccn2)CC1c1nc(C(=O)NCc2ccc(F)cc2)c(O)c(=O)[nH]1. The Labute approximate surface area is 194 Å². The third kappa shape index (κ3) is 4.94. The molecule has 3 heterocycles. The molecule has 0 radical (unpaired) electrons. The first-order chi connectivity index (χ1) is 16.3. The number of hydrogen-bond donors (Lipinski definition) is 3. The maximum Gasteiger partial charge on any atom is 0.293 e. The van der Waals surface area contributed by atoms with E-state index in [0.717, 1.165) is 0 Å². The lowest BCUT2D eigenvalue weighted by atomic mass is 10.1. The molecule has 2 amide bonds. The van der Waals surface area contributed by atoms with Gasteiger partial charge in [-0.25, -0.2) is 9.37 Å². The molecule has 10 nitrogen and oxygen atoms in total. The number of nitrogens with zero attached hydrogens (tertiary/aromatic N) is 4. The quantitative estimate of drug-likeness (QED) is 0.513. The fourth-order valence-electron chi connectivity index (χ4n) is 3.67. The van der Waals surface area contributed by atoms with Gasteiger partial charge in [-0.3, -0.25) is 24.3 Å². The summed E-state index contributed by atoms with van der Waals surface area (Å²) in [5.74, 6) is -2.07. The summed E-state index contributed by atoms with van der Waals surface area (Å²) in [5, 5.41) is 12.7. The molecular formula is C23H23FN6O4. The van der Waals surface area contributed by atoms with E-state index >= 15 is 0 Å². The summed E-state index contributed by atoms with van der Waals surface area (Å²) in [4.78, 5) is 52.3. The van der Waals surface area contributed by atoms with E-state index < -0.39 is 34.8 Å². The minimum Gasteiger partial charge on any atom is -0.501 e. The van der Waals surface area contributed by atoms with E-state index in [1.54, 1.807) is 23.1 Å². The van der Waals surface area contributed by atoms with Crippen molar-refractivity contribution in [1.82, 2.24) is 30.1 Å². The van der Waals surface area contributed by atoms with E-state index in [2.05, 4.69) is 20.3 Å². The molecular weight excluding hydrogens is 443 g/mol. The molecule has 1 atom stereocenters. The monoisotopic (exact) mass is 466 g/mol. The van der Waals surface area contributed by atoms with Crippen LogP contribution in [0.15, 0.2) is 53.5 Å². The number of pyridine rings is 1. The van der Waals surface area contributed by atoms with Gasteiger partial charge in [-0.2, -0.15) is 0 Å². The van der Waals surface area contributed by atoms with Crippen molar-refractivity contribution >= 4 is 11.8 Å². The number of rotatable bonds is 5. The molecule has 0 spiro atoms. The first-order valence-corrected chi connectivity index (χ1v) is 10.6. The lowest BCUT2D eigenvalue weighted by Gasteiger charge is -2.38. The van der Waals surface area contributed by atoms with E-state index in [9.17, 15) is 23.9 Å². The number of aromatic hydroxyl groups is 1. The molecule has 0 aliphatic carbocycles. The number of piperazine rings is 1. The summed E-state index contributed by atoms with van der Waals surface area (Å²) < 4.78 is 13.1. The van der Waals surface area contributed by atoms with Crippen LogP contribution in [0.3, 0.4) is 0 Å². The highest BCUT2D eigenvalue weighted by atomic mass is 19.1. The molecule has 1 saturated heterocycles. The Morgan fingerprint density at radius 1 is 1.21 bits per heavy atom. The number of carbonyl (C=O) groups is 2. The van der Waals surface area contributed by atoms with Crippen LogP contribution in [0.4, 0.5) is 4.39 Å². The number of benzene rings is 1. The molecule has 176 valence electrons. The summed E-state index contributed by atoms with van der Waals surface area (Å²) in [6.45, 7) is 1.21. The summed E-state index contributed by atoms with van der Waals surface area (Å²) in [5.41, 5.74) is -0.352. The van der Waals surface area contributed by atoms with Crippen molar-refractivity contribution in [3.63, 3.8) is 0 Å². The Bertz CT molecular complexity index is 1250. The summed E-state index contributed by atoms with van der Waals surface area (Å²) >= 11 is 0. The van der Waals surface area contributed by atoms with Crippen LogP contribution in [0.5, 0.6) is 5.75 Å². The minimum atomic E-state index is -0.862. The van der Waals surface area contributed by atoms with Gasteiger partial charge in [0.05, 0.1) is 6.04 Å². The minimum absolute atomic E-state index is 0.0536. The lowest BCUT2D eigenvalue weighted by Crippen LogP contribution is -2.50. The molecule has 34 heavy (non-hydrogen) atoms. The van der Waals surface area contributed by atoms with Gasteiger partial charge < -0.3 is 20.3 Å². The molecule has 0 saturated carbocycles. The van der Waals surface area contributed by atoms with Crippen LogP contribution >= 0.6 is 0 Å². The number of halogens is 1. The van der Waals surface area contributed by atoms with Gasteiger partial charge in [0.15, 0.2) is 5.69 Å². The highest BCUT2D eigenvalue weighted by Gasteiger charge is 2.32. The third-order valence-corrected chi connectivity index (χ3v) is 5.63. The van der Waals surface area contributed by atoms with Crippen molar-refractivity contribution < 1.29 is 19.1 Å². The second-order valence-corrected chi connectivity index (χ2v) is 7.92. The number of H-pyrrole nitrogens is 1. The molecule has 3 N–H and O–H groups in total. The molecule has 1 fully saturated rings. The molecule has 1 unspecified atom stereocenters. The average Bonchev–Trinajstić information content (AvgIpc) is 2.85. The smallest absolute Gasteiger partial charge is 0.293 e. The molecule has 2 aromatic heterocycles. The first kappa shape index (κ1) is 23.1. The maximum absolute atomic E-state index is 13.1. The van der Waals surface area contributed by atoms with Crippen molar-refractivity contribution in [1.29, 1.82) is 0 Å². The number of likely N-dealkylation sites (N-methyl/N-ethyl adjacent to an activating group) is 1. The van der Waals surface area contributed by atoms with Gasteiger partial charge in [-0.15, -0.1) is 0 Å². The predicted molar refractivity (Wildman–Crippen MR) is 120 cm³/mol. The zero-order valence-electron chi connectivity index (χ0n) is 18.4. The Hall–Kier alpha value is -4.12. The van der Waals surface area contributed by atoms with E-state index in [-0.39, 0.29) is 24.8 Å². The Balaban J connectivity index is 1.55. The largest absolute Gasteiger partial charge is 0.501 e. The van der Waals surface area contributed by atoms with Crippen molar-refractivity contribution in [3.8, 4) is 5.75 Å². The number of aromatic nitrogens is 3. The molecule has 1 aromatic carbocycles. The fourth-order valence-corrected chi connectivity index (χ4v) is 3.67. The average molecular weight is 466 g/mol. The molecule has 11 heteroatoms. The Morgan fingerprint density at radius 3 is 2.68 bits per heavy atom. The van der Waals surface area contributed by atoms with Crippen LogP contribution in [0, 0.1) is 5.82 Å². The summed E-state index contributed by atoms with van der Waals surface area (Å²) in [6.07, 6.45) is 1.54. The van der Waals surface area contributed by atoms with Crippen LogP contribution in [-0.4, -0.2) is 68.4 Å². The Morgan fingerprint density at radius 2 is 1.97 bits per heavy atom. The standard InChI is InChI=1S/C23H23FN6O4/c1-29-10-11-30(23(34)16-4-2-3-9-25-16)13-17(29)20-27-18(19(31)22(33)28-20)21(32)26-12-14-5-7-15(24)8-6-14/h2-9,17,31H,10-13H2,1H3,(H,26,32)(H,27,28,33). The Kier molecular flexibility index (Phi) is 6.64. The maximum atomic E-state index is 13.1. The molecule has 4 rings (SSSR count). The second kappa shape index (κ2) is 9.79. The zero-order valence-corrected chi connectivity index (χ0v) is 18.4. The van der Waals surface area contributed by atoms with Gasteiger partial charge in [-0.1, -0.05) is 18.2 Å². The molecule has 3 aromatic rings. The van der Waals surface area contributed by atoms with Gasteiger partial charge >= 0.3 is 0 Å². The second-order valence-electron chi connectivity index (χ2n) is 7.92. The highest BCUT2D eigenvalue weighted by molar-refractivity contribution is 5.94. The number of nitrogens with one attached hydrogen (secondary N) is 2. The molecule has 1 aliphatic heterocycles. The van der Waals surface area contributed by atoms with Gasteiger partial charge in [-0.05, 0) is 36.9 Å². The van der Waals surface area contributed by atoms with Gasteiger partial charge in [0.25, 0.3) is 17.4 Å². The first-order valence-electron chi connectivity index (χ1n) is 10.6. The zero-order chi connectivity index (χ0) is 24.2. The van der Waals surface area contributed by atoms with E-state index in [4.69, 9.17) is 0 Å². The number of carbonyl (C=O) groups excluding carboxylic acids is 2. The van der Waals surface area contributed by atoms with Crippen molar-refractivity contribution in [2.75, 3.05) is 26.7 Å². The predicted octanol–water partition coefficient (Wildman–Crippen LogP) is 1.07. The van der Waals surface area contributed by atoms with Crippen LogP contribution < -0.4 is 10.9 Å². The molecule has 0 bridgehead atoms. The van der Waals surface area contributed by atoms with E-state index in [0.29, 0.717) is 24.3 Å². The topological polar surface area (TPSA) is 132 Å². The third-order valence-electron chi connectivity index (χ3n) is 5.63. The van der Waals surface area contributed by atoms with Crippen LogP contribution in [0.25, 0.3) is 0 Å². The number of hydrogen-bond acceptors (Lipinski definition) is 7. The van der Waals surface area contributed by atoms with E-state index in [1.807, 2.05) is 11.9 Å². The number of amides is 2.